The number of anilines is 3. The Morgan fingerprint density at radius 1 is 1.16 bits per heavy atom. The minimum absolute atomic E-state index is 0.130. The molecule has 1 aromatic heterocycles. The third kappa shape index (κ3) is 4.64. The molecule has 3 aromatic rings. The molecule has 10 heteroatoms. The lowest BCUT2D eigenvalue weighted by atomic mass is 10.1. The first-order chi connectivity index (χ1) is 15.2. The number of benzene rings is 2. The molecule has 0 atom stereocenters. The summed E-state index contributed by atoms with van der Waals surface area (Å²) < 4.78 is 13.6. The van der Waals surface area contributed by atoms with Gasteiger partial charge in [0.25, 0.3) is 11.6 Å². The summed E-state index contributed by atoms with van der Waals surface area (Å²) in [7, 11) is 0. The summed E-state index contributed by atoms with van der Waals surface area (Å²) in [5.41, 5.74) is 8.96. The number of aromatic amines is 1. The zero-order valence-electron chi connectivity index (χ0n) is 17.2. The van der Waals surface area contributed by atoms with Crippen molar-refractivity contribution in [2.24, 2.45) is 0 Å². The zero-order chi connectivity index (χ0) is 23.4. The van der Waals surface area contributed by atoms with Crippen LogP contribution in [0.15, 0.2) is 36.4 Å². The van der Waals surface area contributed by atoms with Gasteiger partial charge in [-0.25, -0.2) is 4.39 Å². The van der Waals surface area contributed by atoms with Crippen LogP contribution < -0.4 is 16.4 Å². The van der Waals surface area contributed by atoms with Gasteiger partial charge in [0.2, 0.25) is 6.41 Å². The predicted octanol–water partition coefficient (Wildman–Crippen LogP) is 4.25. The number of carbonyl (C=O) groups is 2. The van der Waals surface area contributed by atoms with Gasteiger partial charge < -0.3 is 21.4 Å². The molecule has 9 nitrogen and oxygen atoms in total. The second-order valence-electron chi connectivity index (χ2n) is 6.97. The Hall–Kier alpha value is -4.47. The summed E-state index contributed by atoms with van der Waals surface area (Å²) in [5, 5.41) is 16.1. The van der Waals surface area contributed by atoms with E-state index >= 15 is 0 Å². The Kier molecular flexibility index (Phi) is 6.34. The quantitative estimate of drug-likeness (QED) is 0.189. The van der Waals surface area contributed by atoms with Crippen LogP contribution >= 0.6 is 0 Å². The van der Waals surface area contributed by atoms with Crippen LogP contribution in [0.5, 0.6) is 0 Å². The SMILES string of the molecule is Cc1[nH]c(/C=C/c2cc(F)ccc2NC=O)c(C)c1C(=O)Nc1cc([N+](=O)[O-])ccc1N. The molecule has 0 fully saturated rings. The number of aromatic nitrogens is 1. The van der Waals surface area contributed by atoms with Gasteiger partial charge in [-0.1, -0.05) is 6.08 Å². The van der Waals surface area contributed by atoms with Crippen LogP contribution in [0, 0.1) is 29.8 Å². The van der Waals surface area contributed by atoms with Crippen molar-refractivity contribution >= 4 is 47.2 Å². The molecule has 5 N–H and O–H groups in total. The fraction of sp³-hybridized carbons (Fsp3) is 0.0909. The highest BCUT2D eigenvalue weighted by Gasteiger charge is 2.19. The first-order valence-electron chi connectivity index (χ1n) is 9.43. The molecule has 2 amide bonds. The lowest BCUT2D eigenvalue weighted by molar-refractivity contribution is -0.384. The number of hydrogen-bond acceptors (Lipinski definition) is 5. The summed E-state index contributed by atoms with van der Waals surface area (Å²) >= 11 is 0. The molecule has 0 bridgehead atoms. The van der Waals surface area contributed by atoms with Crippen molar-refractivity contribution in [2.45, 2.75) is 13.8 Å². The molecular weight excluding hydrogens is 417 g/mol. The first kappa shape index (κ1) is 22.2. The van der Waals surface area contributed by atoms with Crippen LogP contribution in [-0.4, -0.2) is 22.2 Å². The van der Waals surface area contributed by atoms with E-state index in [1.807, 2.05) is 0 Å². The molecule has 0 aliphatic rings. The largest absolute Gasteiger partial charge is 0.397 e. The van der Waals surface area contributed by atoms with Crippen molar-refractivity contribution < 1.29 is 18.9 Å². The van der Waals surface area contributed by atoms with Gasteiger partial charge in [0.05, 0.1) is 21.9 Å². The fourth-order valence-corrected chi connectivity index (χ4v) is 3.27. The number of amides is 2. The number of nitrogens with two attached hydrogens (primary N) is 1. The summed E-state index contributed by atoms with van der Waals surface area (Å²) in [6, 6.07) is 7.74. The standard InChI is InChI=1S/C22H20FN5O4/c1-12-18(7-3-14-9-15(23)4-8-19(14)25-11-29)26-13(2)21(12)22(30)27-20-10-16(28(31)32)5-6-17(20)24/h3-11,26H,24H2,1-2H3,(H,25,29)(H,27,30)/b7-3+. The van der Waals surface area contributed by atoms with E-state index in [4.69, 9.17) is 5.73 Å². The molecule has 0 aliphatic carbocycles. The highest BCUT2D eigenvalue weighted by atomic mass is 19.1. The van der Waals surface area contributed by atoms with Crippen molar-refractivity contribution in [1.29, 1.82) is 0 Å². The molecule has 2 aromatic carbocycles. The summed E-state index contributed by atoms with van der Waals surface area (Å²) in [4.78, 5) is 37.2. The number of nitrogen functional groups attached to an aromatic ring is 1. The van der Waals surface area contributed by atoms with Gasteiger partial charge >= 0.3 is 0 Å². The number of non-ortho nitro benzene ring substituents is 1. The number of aryl methyl sites for hydroxylation is 1. The number of H-pyrrole nitrogens is 1. The smallest absolute Gasteiger partial charge is 0.271 e. The maximum absolute atomic E-state index is 13.6. The number of nitrogens with zero attached hydrogens (tertiary/aromatic N) is 1. The predicted molar refractivity (Wildman–Crippen MR) is 121 cm³/mol. The zero-order valence-corrected chi connectivity index (χ0v) is 17.2. The van der Waals surface area contributed by atoms with Crippen LogP contribution in [0.4, 0.5) is 27.1 Å². The Morgan fingerprint density at radius 3 is 2.59 bits per heavy atom. The molecule has 0 saturated carbocycles. The molecule has 0 radical (unpaired) electrons. The van der Waals surface area contributed by atoms with Gasteiger partial charge in [-0.3, -0.25) is 19.7 Å². The Bertz CT molecular complexity index is 1250. The molecule has 0 saturated heterocycles. The maximum atomic E-state index is 13.6. The van der Waals surface area contributed by atoms with E-state index < -0.39 is 16.6 Å². The average Bonchev–Trinajstić information content (AvgIpc) is 3.02. The number of nitro benzene ring substituents is 1. The molecule has 164 valence electrons. The maximum Gasteiger partial charge on any atom is 0.271 e. The van der Waals surface area contributed by atoms with Crippen molar-refractivity contribution in [3.8, 4) is 0 Å². The number of rotatable bonds is 7. The molecule has 3 rings (SSSR count). The van der Waals surface area contributed by atoms with Crippen LogP contribution in [0.3, 0.4) is 0 Å². The van der Waals surface area contributed by atoms with E-state index in [-0.39, 0.29) is 17.1 Å². The van der Waals surface area contributed by atoms with Crippen molar-refractivity contribution in [3.63, 3.8) is 0 Å². The summed E-state index contributed by atoms with van der Waals surface area (Å²) in [5.74, 6) is -0.952. The topological polar surface area (TPSA) is 143 Å². The number of nitro groups is 1. The fourth-order valence-electron chi connectivity index (χ4n) is 3.27. The number of hydrogen-bond donors (Lipinski definition) is 4. The Morgan fingerprint density at radius 2 is 1.91 bits per heavy atom. The van der Waals surface area contributed by atoms with Gasteiger partial charge in [0, 0.05) is 34.8 Å². The third-order valence-electron chi connectivity index (χ3n) is 4.86. The second-order valence-corrected chi connectivity index (χ2v) is 6.97. The number of halogens is 1. The van der Waals surface area contributed by atoms with Crippen molar-refractivity contribution in [1.82, 2.24) is 4.98 Å². The van der Waals surface area contributed by atoms with E-state index in [2.05, 4.69) is 15.6 Å². The Balaban J connectivity index is 1.90. The molecule has 0 aliphatic heterocycles. The van der Waals surface area contributed by atoms with Gasteiger partial charge in [-0.2, -0.15) is 0 Å². The normalized spacial score (nSPS) is 10.8. The molecule has 1 heterocycles. The van der Waals surface area contributed by atoms with Crippen LogP contribution in [-0.2, 0) is 4.79 Å². The minimum atomic E-state index is -0.578. The summed E-state index contributed by atoms with van der Waals surface area (Å²) in [6.45, 7) is 3.43. The van der Waals surface area contributed by atoms with Gasteiger partial charge in [-0.05, 0) is 49.8 Å². The molecular formula is C22H20FN5O4. The van der Waals surface area contributed by atoms with E-state index in [1.165, 1.54) is 36.4 Å². The van der Waals surface area contributed by atoms with E-state index in [9.17, 15) is 24.1 Å². The molecule has 32 heavy (non-hydrogen) atoms. The molecule has 0 unspecified atom stereocenters. The highest BCUT2D eigenvalue weighted by molar-refractivity contribution is 6.08. The number of nitrogens with one attached hydrogen (secondary N) is 3. The second kappa shape index (κ2) is 9.13. The van der Waals surface area contributed by atoms with Crippen LogP contribution in [0.25, 0.3) is 12.2 Å². The van der Waals surface area contributed by atoms with Gasteiger partial charge in [0.1, 0.15) is 5.82 Å². The van der Waals surface area contributed by atoms with Crippen LogP contribution in [0.1, 0.15) is 32.9 Å². The Labute approximate surface area is 182 Å². The van der Waals surface area contributed by atoms with Crippen molar-refractivity contribution in [3.05, 3.63) is 80.4 Å². The monoisotopic (exact) mass is 437 g/mol. The lowest BCUT2D eigenvalue weighted by Gasteiger charge is -2.09. The number of carbonyl (C=O) groups excluding carboxylic acids is 2. The highest BCUT2D eigenvalue weighted by Crippen LogP contribution is 2.27. The van der Waals surface area contributed by atoms with E-state index in [1.54, 1.807) is 26.0 Å². The summed E-state index contributed by atoms with van der Waals surface area (Å²) in [6.07, 6.45) is 3.76. The van der Waals surface area contributed by atoms with Crippen molar-refractivity contribution in [2.75, 3.05) is 16.4 Å². The lowest BCUT2D eigenvalue weighted by Crippen LogP contribution is -2.15. The van der Waals surface area contributed by atoms with Gasteiger partial charge in [-0.15, -0.1) is 0 Å². The molecule has 0 spiro atoms. The van der Waals surface area contributed by atoms with E-state index in [0.29, 0.717) is 40.2 Å². The first-order valence-corrected chi connectivity index (χ1v) is 9.43. The third-order valence-corrected chi connectivity index (χ3v) is 4.86. The minimum Gasteiger partial charge on any atom is -0.397 e. The average molecular weight is 437 g/mol. The van der Waals surface area contributed by atoms with E-state index in [0.717, 1.165) is 0 Å². The van der Waals surface area contributed by atoms with Gasteiger partial charge in [0.15, 0.2) is 0 Å². The van der Waals surface area contributed by atoms with Crippen LogP contribution in [0.2, 0.25) is 0 Å².